The molecule has 1 aromatic carbocycles. The first-order valence-electron chi connectivity index (χ1n) is 5.41. The molecule has 0 saturated carbocycles. The molecule has 2 N–H and O–H groups in total. The number of hydrogen-bond donors (Lipinski definition) is 2. The Morgan fingerprint density at radius 1 is 1.39 bits per heavy atom. The van der Waals surface area contributed by atoms with E-state index in [2.05, 4.69) is 20.7 Å². The van der Waals surface area contributed by atoms with Crippen LogP contribution in [-0.2, 0) is 0 Å². The van der Waals surface area contributed by atoms with Crippen LogP contribution in [0.25, 0.3) is 10.9 Å². The zero-order valence-corrected chi connectivity index (χ0v) is 9.60. The number of hydrogen-bond acceptors (Lipinski definition) is 4. The molecule has 0 radical (unpaired) electrons. The lowest BCUT2D eigenvalue weighted by Crippen LogP contribution is -2.12. The highest BCUT2D eigenvalue weighted by molar-refractivity contribution is 6.08. The van der Waals surface area contributed by atoms with Gasteiger partial charge in [-0.2, -0.15) is 5.10 Å². The molecule has 90 valence electrons. The van der Waals surface area contributed by atoms with Crippen LogP contribution in [0.5, 0.6) is 0 Å². The standard InChI is InChI=1S/C12H10N4O2/c1-7-9(6-13-18-7)12(17)14-11-8-4-2-3-5-10(8)15-16-11/h2-6H,1H3,(H2,14,15,16,17). The van der Waals surface area contributed by atoms with Crippen LogP contribution in [0.3, 0.4) is 0 Å². The molecular formula is C12H10N4O2. The van der Waals surface area contributed by atoms with Crippen molar-refractivity contribution in [1.82, 2.24) is 15.4 Å². The van der Waals surface area contributed by atoms with Gasteiger partial charge < -0.3 is 9.84 Å². The number of para-hydroxylation sites is 1. The van der Waals surface area contributed by atoms with Crippen LogP contribution in [0.15, 0.2) is 35.0 Å². The second-order valence-corrected chi connectivity index (χ2v) is 3.87. The van der Waals surface area contributed by atoms with E-state index >= 15 is 0 Å². The summed E-state index contributed by atoms with van der Waals surface area (Å²) in [5, 5.41) is 14.1. The van der Waals surface area contributed by atoms with Crippen LogP contribution in [0, 0.1) is 6.92 Å². The van der Waals surface area contributed by atoms with E-state index in [0.717, 1.165) is 10.9 Å². The molecule has 18 heavy (non-hydrogen) atoms. The number of nitrogens with one attached hydrogen (secondary N) is 2. The van der Waals surface area contributed by atoms with E-state index in [1.54, 1.807) is 6.92 Å². The summed E-state index contributed by atoms with van der Waals surface area (Å²) in [5.74, 6) is 0.689. The molecule has 0 spiro atoms. The van der Waals surface area contributed by atoms with Crippen LogP contribution in [0.1, 0.15) is 16.1 Å². The topological polar surface area (TPSA) is 83.8 Å². The van der Waals surface area contributed by atoms with Crippen molar-refractivity contribution in [3.63, 3.8) is 0 Å². The highest BCUT2D eigenvalue weighted by atomic mass is 16.5. The van der Waals surface area contributed by atoms with Gasteiger partial charge in [-0.1, -0.05) is 17.3 Å². The van der Waals surface area contributed by atoms with Crippen LogP contribution in [-0.4, -0.2) is 21.3 Å². The molecule has 2 heterocycles. The molecule has 0 bridgehead atoms. The average Bonchev–Trinajstić information content (AvgIpc) is 2.97. The number of carbonyl (C=O) groups excluding carboxylic acids is 1. The van der Waals surface area contributed by atoms with Gasteiger partial charge in [0.25, 0.3) is 5.91 Å². The third kappa shape index (κ3) is 1.64. The van der Waals surface area contributed by atoms with Gasteiger partial charge in [0.15, 0.2) is 5.82 Å². The van der Waals surface area contributed by atoms with Gasteiger partial charge in [0.2, 0.25) is 0 Å². The van der Waals surface area contributed by atoms with Crippen LogP contribution >= 0.6 is 0 Å². The van der Waals surface area contributed by atoms with Gasteiger partial charge in [-0.05, 0) is 19.1 Å². The summed E-state index contributed by atoms with van der Waals surface area (Å²) >= 11 is 0. The van der Waals surface area contributed by atoms with Crippen LogP contribution < -0.4 is 5.32 Å². The number of benzene rings is 1. The zero-order valence-electron chi connectivity index (χ0n) is 9.60. The number of carbonyl (C=O) groups is 1. The minimum absolute atomic E-state index is 0.286. The molecule has 6 nitrogen and oxygen atoms in total. The van der Waals surface area contributed by atoms with Crippen molar-refractivity contribution in [3.8, 4) is 0 Å². The predicted octanol–water partition coefficient (Wildman–Crippen LogP) is 2.11. The fourth-order valence-electron chi connectivity index (χ4n) is 1.75. The molecule has 0 fully saturated rings. The summed E-state index contributed by atoms with van der Waals surface area (Å²) < 4.78 is 4.85. The molecule has 2 aromatic heterocycles. The number of H-pyrrole nitrogens is 1. The Bertz CT molecular complexity index is 714. The summed E-state index contributed by atoms with van der Waals surface area (Å²) in [6, 6.07) is 7.56. The van der Waals surface area contributed by atoms with Gasteiger partial charge in [-0.3, -0.25) is 9.89 Å². The number of aromatic nitrogens is 3. The molecule has 0 aliphatic carbocycles. The monoisotopic (exact) mass is 242 g/mol. The Kier molecular flexibility index (Phi) is 2.33. The smallest absolute Gasteiger partial charge is 0.262 e. The highest BCUT2D eigenvalue weighted by Gasteiger charge is 2.15. The predicted molar refractivity (Wildman–Crippen MR) is 65.3 cm³/mol. The van der Waals surface area contributed by atoms with Crippen molar-refractivity contribution >= 4 is 22.6 Å². The molecule has 1 amide bonds. The molecule has 6 heteroatoms. The summed E-state index contributed by atoms with van der Waals surface area (Å²) in [6.45, 7) is 1.69. The van der Waals surface area contributed by atoms with E-state index in [0.29, 0.717) is 17.1 Å². The number of nitrogens with zero attached hydrogens (tertiary/aromatic N) is 2. The van der Waals surface area contributed by atoms with E-state index in [-0.39, 0.29) is 5.91 Å². The first kappa shape index (κ1) is 10.5. The van der Waals surface area contributed by atoms with Crippen molar-refractivity contribution in [1.29, 1.82) is 0 Å². The molecule has 3 aromatic rings. The van der Waals surface area contributed by atoms with E-state index in [9.17, 15) is 4.79 Å². The maximum absolute atomic E-state index is 12.0. The van der Waals surface area contributed by atoms with Crippen LogP contribution in [0.4, 0.5) is 5.82 Å². The number of aromatic amines is 1. The van der Waals surface area contributed by atoms with Gasteiger partial charge in [0, 0.05) is 5.39 Å². The van der Waals surface area contributed by atoms with Crippen LogP contribution in [0.2, 0.25) is 0 Å². The fourth-order valence-corrected chi connectivity index (χ4v) is 1.75. The van der Waals surface area contributed by atoms with Gasteiger partial charge in [0.1, 0.15) is 11.3 Å². The first-order valence-corrected chi connectivity index (χ1v) is 5.41. The average molecular weight is 242 g/mol. The SMILES string of the molecule is Cc1oncc1C(=O)Nc1n[nH]c2ccccc12. The fraction of sp³-hybridized carbons (Fsp3) is 0.0833. The van der Waals surface area contributed by atoms with Crippen molar-refractivity contribution < 1.29 is 9.32 Å². The van der Waals surface area contributed by atoms with Gasteiger partial charge >= 0.3 is 0 Å². The first-order chi connectivity index (χ1) is 8.75. The largest absolute Gasteiger partial charge is 0.361 e. The molecule has 0 saturated heterocycles. The summed E-state index contributed by atoms with van der Waals surface area (Å²) in [5.41, 5.74) is 1.27. The van der Waals surface area contributed by atoms with Gasteiger partial charge in [-0.15, -0.1) is 0 Å². The third-order valence-electron chi connectivity index (χ3n) is 2.70. The molecule has 3 rings (SSSR count). The Morgan fingerprint density at radius 3 is 3.00 bits per heavy atom. The van der Waals surface area contributed by atoms with Gasteiger partial charge in [-0.25, -0.2) is 0 Å². The molecule has 0 atom stereocenters. The lowest BCUT2D eigenvalue weighted by Gasteiger charge is -2.00. The molecule has 0 aliphatic rings. The third-order valence-corrected chi connectivity index (χ3v) is 2.70. The summed E-state index contributed by atoms with van der Waals surface area (Å²) in [7, 11) is 0. The van der Waals surface area contributed by atoms with E-state index in [4.69, 9.17) is 4.52 Å². The van der Waals surface area contributed by atoms with E-state index in [1.165, 1.54) is 6.20 Å². The van der Waals surface area contributed by atoms with Crippen molar-refractivity contribution in [2.45, 2.75) is 6.92 Å². The molecular weight excluding hydrogens is 232 g/mol. The number of fused-ring (bicyclic) bond motifs is 1. The maximum Gasteiger partial charge on any atom is 0.262 e. The Balaban J connectivity index is 1.93. The summed E-state index contributed by atoms with van der Waals surface area (Å²) in [6.07, 6.45) is 1.39. The number of anilines is 1. The van der Waals surface area contributed by atoms with Crippen molar-refractivity contribution in [2.24, 2.45) is 0 Å². The molecule has 0 unspecified atom stereocenters. The number of aryl methyl sites for hydroxylation is 1. The minimum atomic E-state index is -0.286. The maximum atomic E-state index is 12.0. The highest BCUT2D eigenvalue weighted by Crippen LogP contribution is 2.20. The quantitative estimate of drug-likeness (QED) is 0.720. The van der Waals surface area contributed by atoms with Crippen molar-refractivity contribution in [2.75, 3.05) is 5.32 Å². The summed E-state index contributed by atoms with van der Waals surface area (Å²) in [4.78, 5) is 12.0. The Hall–Kier alpha value is -2.63. The van der Waals surface area contributed by atoms with Gasteiger partial charge in [0.05, 0.1) is 11.7 Å². The zero-order chi connectivity index (χ0) is 12.5. The number of rotatable bonds is 2. The normalized spacial score (nSPS) is 10.7. The van der Waals surface area contributed by atoms with Crippen molar-refractivity contribution in [3.05, 3.63) is 41.8 Å². The lowest BCUT2D eigenvalue weighted by atomic mass is 10.2. The second-order valence-electron chi connectivity index (χ2n) is 3.87. The van der Waals surface area contributed by atoms with E-state index in [1.807, 2.05) is 24.3 Å². The number of amides is 1. The Morgan fingerprint density at radius 2 is 2.22 bits per heavy atom. The minimum Gasteiger partial charge on any atom is -0.361 e. The van der Waals surface area contributed by atoms with E-state index < -0.39 is 0 Å². The molecule has 0 aliphatic heterocycles. The second kappa shape index (κ2) is 3.99. The Labute approximate surface area is 102 Å². The lowest BCUT2D eigenvalue weighted by molar-refractivity contribution is 0.102.